The van der Waals surface area contributed by atoms with E-state index in [0.29, 0.717) is 10.6 Å². The number of hydrogen-bond acceptors (Lipinski definition) is 0. The van der Waals surface area contributed by atoms with Crippen molar-refractivity contribution >= 4 is 11.6 Å². The van der Waals surface area contributed by atoms with E-state index < -0.39 is 0 Å². The molecule has 2 aromatic carbocycles. The zero-order valence-corrected chi connectivity index (χ0v) is 8.05. The Hall–Kier alpha value is -1.34. The van der Waals surface area contributed by atoms with Crippen molar-refractivity contribution in [3.8, 4) is 11.1 Å². The van der Waals surface area contributed by atoms with Crippen LogP contribution >= 0.6 is 11.6 Å². The SMILES string of the molecule is Fc1cccc(Cl)c1-c1c[c]ccc1. The van der Waals surface area contributed by atoms with Crippen molar-refractivity contribution in [1.29, 1.82) is 0 Å². The van der Waals surface area contributed by atoms with Gasteiger partial charge in [0, 0.05) is 5.56 Å². The smallest absolute Gasteiger partial charge is 0.132 e. The van der Waals surface area contributed by atoms with Crippen molar-refractivity contribution in [2.45, 2.75) is 0 Å². The normalized spacial score (nSPS) is 10.1. The molecule has 1 radical (unpaired) electrons. The first-order valence-corrected chi connectivity index (χ1v) is 4.57. The first-order chi connectivity index (χ1) is 6.79. The second-order valence-electron chi connectivity index (χ2n) is 2.89. The Labute approximate surface area is 87.0 Å². The van der Waals surface area contributed by atoms with Gasteiger partial charge in [0.25, 0.3) is 0 Å². The van der Waals surface area contributed by atoms with Crippen molar-refractivity contribution in [1.82, 2.24) is 0 Å². The Morgan fingerprint density at radius 1 is 1.14 bits per heavy atom. The van der Waals surface area contributed by atoms with Gasteiger partial charge >= 0.3 is 0 Å². The molecule has 0 atom stereocenters. The molecule has 0 heterocycles. The molecule has 2 heteroatoms. The van der Waals surface area contributed by atoms with Crippen molar-refractivity contribution in [3.05, 3.63) is 59.4 Å². The summed E-state index contributed by atoms with van der Waals surface area (Å²) in [5, 5.41) is 0.421. The lowest BCUT2D eigenvalue weighted by Gasteiger charge is -2.04. The van der Waals surface area contributed by atoms with Crippen LogP contribution in [0.3, 0.4) is 0 Å². The van der Waals surface area contributed by atoms with E-state index in [1.54, 1.807) is 36.4 Å². The average molecular weight is 206 g/mol. The molecule has 0 saturated carbocycles. The summed E-state index contributed by atoms with van der Waals surface area (Å²) in [5.74, 6) is -0.308. The third-order valence-corrected chi connectivity index (χ3v) is 2.27. The van der Waals surface area contributed by atoms with Crippen LogP contribution in [-0.4, -0.2) is 0 Å². The Morgan fingerprint density at radius 3 is 2.64 bits per heavy atom. The van der Waals surface area contributed by atoms with Gasteiger partial charge in [0.2, 0.25) is 0 Å². The number of hydrogen-bond donors (Lipinski definition) is 0. The second-order valence-corrected chi connectivity index (χ2v) is 3.30. The van der Waals surface area contributed by atoms with Crippen molar-refractivity contribution in [2.75, 3.05) is 0 Å². The summed E-state index contributed by atoms with van der Waals surface area (Å²) in [6, 6.07) is 14.6. The summed E-state index contributed by atoms with van der Waals surface area (Å²) in [4.78, 5) is 0. The van der Waals surface area contributed by atoms with Crippen LogP contribution in [0.1, 0.15) is 0 Å². The molecule has 0 fully saturated rings. The molecule has 0 bridgehead atoms. The third-order valence-electron chi connectivity index (χ3n) is 1.96. The molecule has 0 aromatic heterocycles. The summed E-state index contributed by atoms with van der Waals surface area (Å²) in [6.07, 6.45) is 0. The van der Waals surface area contributed by atoms with E-state index in [9.17, 15) is 4.39 Å². The lowest BCUT2D eigenvalue weighted by Crippen LogP contribution is -1.84. The largest absolute Gasteiger partial charge is 0.206 e. The maximum atomic E-state index is 13.4. The van der Waals surface area contributed by atoms with Gasteiger partial charge in [0.15, 0.2) is 0 Å². The van der Waals surface area contributed by atoms with Gasteiger partial charge in [-0.3, -0.25) is 0 Å². The van der Waals surface area contributed by atoms with Crippen molar-refractivity contribution < 1.29 is 4.39 Å². The van der Waals surface area contributed by atoms with E-state index in [1.807, 2.05) is 0 Å². The van der Waals surface area contributed by atoms with Gasteiger partial charge in [0.1, 0.15) is 5.82 Å². The topological polar surface area (TPSA) is 0 Å². The zero-order valence-electron chi connectivity index (χ0n) is 7.30. The molecule has 0 nitrogen and oxygen atoms in total. The molecule has 0 aliphatic rings. The highest BCUT2D eigenvalue weighted by molar-refractivity contribution is 6.33. The molecule has 2 aromatic rings. The summed E-state index contributed by atoms with van der Waals surface area (Å²) in [5.41, 5.74) is 1.18. The monoisotopic (exact) mass is 205 g/mol. The predicted octanol–water partition coefficient (Wildman–Crippen LogP) is 3.95. The Kier molecular flexibility index (Phi) is 2.51. The highest BCUT2D eigenvalue weighted by Gasteiger charge is 2.07. The van der Waals surface area contributed by atoms with Gasteiger partial charge < -0.3 is 0 Å². The molecule has 2 rings (SSSR count). The van der Waals surface area contributed by atoms with Gasteiger partial charge in [-0.1, -0.05) is 35.9 Å². The number of benzene rings is 2. The maximum Gasteiger partial charge on any atom is 0.132 e. The van der Waals surface area contributed by atoms with E-state index in [0.717, 1.165) is 5.56 Å². The zero-order chi connectivity index (χ0) is 9.97. The van der Waals surface area contributed by atoms with Gasteiger partial charge in [-0.25, -0.2) is 4.39 Å². The van der Waals surface area contributed by atoms with E-state index in [2.05, 4.69) is 6.07 Å². The van der Waals surface area contributed by atoms with E-state index >= 15 is 0 Å². The molecule has 0 saturated heterocycles. The predicted molar refractivity (Wildman–Crippen MR) is 55.7 cm³/mol. The summed E-state index contributed by atoms with van der Waals surface area (Å²) >= 11 is 5.91. The van der Waals surface area contributed by atoms with E-state index in [-0.39, 0.29) is 5.82 Å². The van der Waals surface area contributed by atoms with Crippen LogP contribution in [0.25, 0.3) is 11.1 Å². The van der Waals surface area contributed by atoms with Crippen LogP contribution in [-0.2, 0) is 0 Å². The molecule has 0 aliphatic heterocycles. The van der Waals surface area contributed by atoms with Crippen LogP contribution in [0.5, 0.6) is 0 Å². The summed E-state index contributed by atoms with van der Waals surface area (Å²) < 4.78 is 13.4. The highest BCUT2D eigenvalue weighted by Crippen LogP contribution is 2.29. The minimum absolute atomic E-state index is 0.308. The Balaban J connectivity index is 2.63. The first-order valence-electron chi connectivity index (χ1n) is 4.19. The van der Waals surface area contributed by atoms with Crippen LogP contribution in [0.4, 0.5) is 4.39 Å². The molecule has 0 unspecified atom stereocenters. The summed E-state index contributed by atoms with van der Waals surface area (Å²) in [6.45, 7) is 0. The van der Waals surface area contributed by atoms with E-state index in [4.69, 9.17) is 11.6 Å². The van der Waals surface area contributed by atoms with Gasteiger partial charge in [-0.05, 0) is 29.8 Å². The molecule has 0 amide bonds. The van der Waals surface area contributed by atoms with Crippen LogP contribution in [0, 0.1) is 11.9 Å². The average Bonchev–Trinajstić information content (AvgIpc) is 2.19. The van der Waals surface area contributed by atoms with Crippen molar-refractivity contribution in [3.63, 3.8) is 0 Å². The van der Waals surface area contributed by atoms with E-state index in [1.165, 1.54) is 6.07 Å². The van der Waals surface area contributed by atoms with Crippen molar-refractivity contribution in [2.24, 2.45) is 0 Å². The fourth-order valence-electron chi connectivity index (χ4n) is 1.32. The third kappa shape index (κ3) is 1.64. The lowest BCUT2D eigenvalue weighted by atomic mass is 10.1. The van der Waals surface area contributed by atoms with Crippen LogP contribution in [0.2, 0.25) is 5.02 Å². The fourth-order valence-corrected chi connectivity index (χ4v) is 1.59. The van der Waals surface area contributed by atoms with Crippen LogP contribution in [0.15, 0.2) is 42.5 Å². The van der Waals surface area contributed by atoms with Gasteiger partial charge in [-0.2, -0.15) is 0 Å². The minimum Gasteiger partial charge on any atom is -0.206 e. The molecular formula is C12H7ClF. The first kappa shape index (κ1) is 9.22. The quantitative estimate of drug-likeness (QED) is 0.662. The number of rotatable bonds is 1. The van der Waals surface area contributed by atoms with Gasteiger partial charge in [0.05, 0.1) is 5.02 Å². The maximum absolute atomic E-state index is 13.4. The lowest BCUT2D eigenvalue weighted by molar-refractivity contribution is 0.631. The second kappa shape index (κ2) is 3.81. The minimum atomic E-state index is -0.308. The Bertz CT molecular complexity index is 417. The number of halogens is 2. The Morgan fingerprint density at radius 2 is 2.00 bits per heavy atom. The highest BCUT2D eigenvalue weighted by atomic mass is 35.5. The fraction of sp³-hybridized carbons (Fsp3) is 0. The molecule has 0 aliphatic carbocycles. The van der Waals surface area contributed by atoms with Crippen LogP contribution < -0.4 is 0 Å². The van der Waals surface area contributed by atoms with Gasteiger partial charge in [-0.15, -0.1) is 0 Å². The standard InChI is InChI=1S/C12H7ClF/c13-10-7-4-8-11(14)12(10)9-5-2-1-3-6-9/h1-2,4-8H. The molecule has 0 spiro atoms. The molecule has 0 N–H and O–H groups in total. The molecule has 69 valence electrons. The summed E-state index contributed by atoms with van der Waals surface area (Å²) in [7, 11) is 0. The molecular weight excluding hydrogens is 199 g/mol. The molecule has 14 heavy (non-hydrogen) atoms.